The molecule has 5 heteroatoms. The molecule has 4 aromatic rings. The molecule has 2 aromatic carbocycles. The number of hydrogen-bond donors (Lipinski definition) is 2. The smallest absolute Gasteiger partial charge is 0.259 e. The zero-order chi connectivity index (χ0) is 23.0. The van der Waals surface area contributed by atoms with Crippen molar-refractivity contribution in [3.05, 3.63) is 82.4 Å². The van der Waals surface area contributed by atoms with E-state index in [1.807, 2.05) is 54.9 Å². The van der Waals surface area contributed by atoms with Crippen LogP contribution in [-0.4, -0.2) is 17.1 Å². The van der Waals surface area contributed by atoms with E-state index in [1.54, 1.807) is 11.3 Å². The average molecular weight is 456 g/mol. The first-order chi connectivity index (χ1) is 15.9. The summed E-state index contributed by atoms with van der Waals surface area (Å²) < 4.78 is 0. The van der Waals surface area contributed by atoms with Gasteiger partial charge in [-0.25, -0.2) is 4.99 Å². The molecule has 0 fully saturated rings. The highest BCUT2D eigenvalue weighted by atomic mass is 32.1. The first-order valence-electron chi connectivity index (χ1n) is 11.5. The SMILES string of the molecule is CC(C)(C)[C@H]1CCc2c(sc(N=Cc3c[nH]c4ccccc34)c2C(=O)Nc2ccccc2)C1. The van der Waals surface area contributed by atoms with Crippen LogP contribution >= 0.6 is 11.3 Å². The molecule has 5 rings (SSSR count). The van der Waals surface area contributed by atoms with E-state index in [1.165, 1.54) is 10.4 Å². The van der Waals surface area contributed by atoms with Crippen LogP contribution in [-0.2, 0) is 12.8 Å². The second kappa shape index (κ2) is 8.64. The second-order valence-electron chi connectivity index (χ2n) is 9.86. The molecule has 2 heterocycles. The summed E-state index contributed by atoms with van der Waals surface area (Å²) in [6, 6.07) is 17.8. The van der Waals surface area contributed by atoms with Crippen LogP contribution in [0.15, 0.2) is 65.8 Å². The summed E-state index contributed by atoms with van der Waals surface area (Å²) in [6.45, 7) is 6.94. The van der Waals surface area contributed by atoms with Crippen LogP contribution in [0.25, 0.3) is 10.9 Å². The number of rotatable bonds is 4. The topological polar surface area (TPSA) is 57.2 Å². The summed E-state index contributed by atoms with van der Waals surface area (Å²) in [7, 11) is 0. The fourth-order valence-corrected chi connectivity index (χ4v) is 5.95. The minimum Gasteiger partial charge on any atom is -0.361 e. The minimum atomic E-state index is -0.0704. The number of anilines is 1. The summed E-state index contributed by atoms with van der Waals surface area (Å²) in [5.41, 5.74) is 5.08. The van der Waals surface area contributed by atoms with Gasteiger partial charge in [0.15, 0.2) is 0 Å². The number of thiophene rings is 1. The normalized spacial score (nSPS) is 16.3. The number of para-hydroxylation sites is 2. The van der Waals surface area contributed by atoms with Gasteiger partial charge in [-0.2, -0.15) is 0 Å². The van der Waals surface area contributed by atoms with Crippen LogP contribution in [0.4, 0.5) is 10.7 Å². The molecule has 0 bridgehead atoms. The number of nitrogens with zero attached hydrogens (tertiary/aromatic N) is 1. The van der Waals surface area contributed by atoms with E-state index in [4.69, 9.17) is 4.99 Å². The number of H-pyrrole nitrogens is 1. The molecule has 1 aliphatic rings. The van der Waals surface area contributed by atoms with Gasteiger partial charge in [0.2, 0.25) is 0 Å². The third-order valence-electron chi connectivity index (χ3n) is 6.67. The molecule has 0 aliphatic heterocycles. The van der Waals surface area contributed by atoms with E-state index in [0.29, 0.717) is 5.92 Å². The summed E-state index contributed by atoms with van der Waals surface area (Å²) in [6.07, 6.45) is 6.90. The van der Waals surface area contributed by atoms with Crippen LogP contribution < -0.4 is 5.32 Å². The Morgan fingerprint density at radius 1 is 1.12 bits per heavy atom. The summed E-state index contributed by atoms with van der Waals surface area (Å²) in [5.74, 6) is 0.540. The predicted octanol–water partition coefficient (Wildman–Crippen LogP) is 7.38. The molecular weight excluding hydrogens is 426 g/mol. The van der Waals surface area contributed by atoms with Crippen molar-refractivity contribution in [2.45, 2.75) is 40.0 Å². The maximum absolute atomic E-state index is 13.4. The minimum absolute atomic E-state index is 0.0704. The lowest BCUT2D eigenvalue weighted by atomic mass is 9.72. The van der Waals surface area contributed by atoms with E-state index in [2.05, 4.69) is 43.2 Å². The lowest BCUT2D eigenvalue weighted by molar-refractivity contribution is 0.102. The van der Waals surface area contributed by atoms with Gasteiger partial charge in [-0.3, -0.25) is 4.79 Å². The van der Waals surface area contributed by atoms with Gasteiger partial charge in [-0.05, 0) is 54.4 Å². The lowest BCUT2D eigenvalue weighted by Gasteiger charge is -2.33. The lowest BCUT2D eigenvalue weighted by Crippen LogP contribution is -2.27. The van der Waals surface area contributed by atoms with Gasteiger partial charge in [-0.15, -0.1) is 11.3 Å². The molecule has 168 valence electrons. The summed E-state index contributed by atoms with van der Waals surface area (Å²) >= 11 is 1.68. The van der Waals surface area contributed by atoms with Gasteiger partial charge in [0.05, 0.1) is 5.56 Å². The first kappa shape index (κ1) is 21.7. The van der Waals surface area contributed by atoms with Crippen molar-refractivity contribution in [1.29, 1.82) is 0 Å². The zero-order valence-electron chi connectivity index (χ0n) is 19.3. The summed E-state index contributed by atoms with van der Waals surface area (Å²) in [5, 5.41) is 5.02. The molecular formula is C28H29N3OS. The Kier molecular flexibility index (Phi) is 5.67. The molecule has 0 saturated heterocycles. The molecule has 33 heavy (non-hydrogen) atoms. The van der Waals surface area contributed by atoms with E-state index < -0.39 is 0 Å². The van der Waals surface area contributed by atoms with Gasteiger partial charge >= 0.3 is 0 Å². The largest absolute Gasteiger partial charge is 0.361 e. The van der Waals surface area contributed by atoms with Crippen molar-refractivity contribution in [2.24, 2.45) is 16.3 Å². The van der Waals surface area contributed by atoms with Crippen molar-refractivity contribution >= 4 is 45.0 Å². The third-order valence-corrected chi connectivity index (χ3v) is 7.83. The molecule has 1 aliphatic carbocycles. The van der Waals surface area contributed by atoms with Crippen LogP contribution in [0.5, 0.6) is 0 Å². The number of carbonyl (C=O) groups excluding carboxylic acids is 1. The molecule has 2 aromatic heterocycles. The van der Waals surface area contributed by atoms with Crippen molar-refractivity contribution in [3.8, 4) is 0 Å². The number of aliphatic imine (C=N–C) groups is 1. The number of amides is 1. The highest BCUT2D eigenvalue weighted by Gasteiger charge is 2.33. The van der Waals surface area contributed by atoms with E-state index in [0.717, 1.165) is 52.0 Å². The molecule has 1 atom stereocenters. The predicted molar refractivity (Wildman–Crippen MR) is 139 cm³/mol. The van der Waals surface area contributed by atoms with Crippen molar-refractivity contribution in [2.75, 3.05) is 5.32 Å². The molecule has 0 saturated carbocycles. The van der Waals surface area contributed by atoms with Crippen LogP contribution in [0, 0.1) is 11.3 Å². The van der Waals surface area contributed by atoms with Crippen molar-refractivity contribution in [1.82, 2.24) is 4.98 Å². The van der Waals surface area contributed by atoms with Crippen LogP contribution in [0.3, 0.4) is 0 Å². The number of carbonyl (C=O) groups is 1. The Bertz CT molecular complexity index is 1320. The van der Waals surface area contributed by atoms with E-state index >= 15 is 0 Å². The fraction of sp³-hybridized carbons (Fsp3) is 0.286. The number of aromatic nitrogens is 1. The number of aromatic amines is 1. The summed E-state index contributed by atoms with van der Waals surface area (Å²) in [4.78, 5) is 22.9. The fourth-order valence-electron chi connectivity index (χ4n) is 4.68. The number of benzene rings is 2. The Morgan fingerprint density at radius 3 is 2.67 bits per heavy atom. The van der Waals surface area contributed by atoms with Crippen LogP contribution in [0.1, 0.15) is 53.6 Å². The van der Waals surface area contributed by atoms with Gasteiger partial charge in [0.1, 0.15) is 5.00 Å². The van der Waals surface area contributed by atoms with Crippen molar-refractivity contribution in [3.63, 3.8) is 0 Å². The van der Waals surface area contributed by atoms with Gasteiger partial charge in [0.25, 0.3) is 5.91 Å². The standard InChI is InChI=1S/C28H29N3OS/c1-28(2,3)19-13-14-22-24(15-19)33-27(25(22)26(32)31-20-9-5-4-6-10-20)30-17-18-16-29-23-12-8-7-11-21(18)23/h4-12,16-17,19,29H,13-15H2,1-3H3,(H,31,32)/t19-/m0/s1. The Hall–Kier alpha value is -3.18. The van der Waals surface area contributed by atoms with Crippen molar-refractivity contribution < 1.29 is 4.79 Å². The highest BCUT2D eigenvalue weighted by molar-refractivity contribution is 7.16. The quantitative estimate of drug-likeness (QED) is 0.310. The van der Waals surface area contributed by atoms with E-state index in [-0.39, 0.29) is 11.3 Å². The number of nitrogens with one attached hydrogen (secondary N) is 2. The van der Waals surface area contributed by atoms with E-state index in [9.17, 15) is 4.79 Å². The molecule has 0 unspecified atom stereocenters. The maximum atomic E-state index is 13.4. The van der Waals surface area contributed by atoms with Gasteiger partial charge in [0, 0.05) is 39.4 Å². The molecule has 1 amide bonds. The molecule has 0 radical (unpaired) electrons. The average Bonchev–Trinajstić information content (AvgIpc) is 3.38. The zero-order valence-corrected chi connectivity index (χ0v) is 20.1. The Balaban J connectivity index is 1.53. The van der Waals surface area contributed by atoms with Gasteiger partial charge in [-0.1, -0.05) is 57.2 Å². The maximum Gasteiger partial charge on any atom is 0.259 e. The Morgan fingerprint density at radius 2 is 1.88 bits per heavy atom. The third kappa shape index (κ3) is 4.38. The first-order valence-corrected chi connectivity index (χ1v) is 12.3. The monoisotopic (exact) mass is 455 g/mol. The molecule has 2 N–H and O–H groups in total. The molecule has 4 nitrogen and oxygen atoms in total. The second-order valence-corrected chi connectivity index (χ2v) is 10.9. The van der Waals surface area contributed by atoms with Crippen LogP contribution in [0.2, 0.25) is 0 Å². The number of hydrogen-bond acceptors (Lipinski definition) is 3. The Labute approximate surface area is 198 Å². The number of fused-ring (bicyclic) bond motifs is 2. The van der Waals surface area contributed by atoms with Gasteiger partial charge < -0.3 is 10.3 Å². The highest BCUT2D eigenvalue weighted by Crippen LogP contribution is 2.45. The molecule has 0 spiro atoms.